The van der Waals surface area contributed by atoms with Crippen molar-refractivity contribution in [2.75, 3.05) is 11.9 Å². The van der Waals surface area contributed by atoms with Gasteiger partial charge < -0.3 is 10.1 Å². The summed E-state index contributed by atoms with van der Waals surface area (Å²) in [7, 11) is 0. The Morgan fingerprint density at radius 3 is 2.76 bits per heavy atom. The van der Waals surface area contributed by atoms with Gasteiger partial charge in [-0.25, -0.2) is 9.48 Å². The van der Waals surface area contributed by atoms with Crippen LogP contribution in [0.25, 0.3) is 0 Å². The molecule has 33 heavy (non-hydrogen) atoms. The second kappa shape index (κ2) is 10.2. The molecule has 0 radical (unpaired) electrons. The van der Waals surface area contributed by atoms with Gasteiger partial charge in [-0.15, -0.1) is 5.10 Å². The number of esters is 1. The van der Waals surface area contributed by atoms with Crippen molar-refractivity contribution in [3.8, 4) is 0 Å². The molecule has 0 spiro atoms. The first-order chi connectivity index (χ1) is 15.9. The number of nitrogens with zero attached hydrogens (tertiary/aromatic N) is 3. The number of rotatable bonds is 7. The van der Waals surface area contributed by atoms with E-state index in [1.807, 2.05) is 24.3 Å². The number of anilines is 1. The van der Waals surface area contributed by atoms with Crippen LogP contribution >= 0.6 is 46.6 Å². The molecule has 0 aliphatic carbocycles. The number of halogens is 3. The van der Waals surface area contributed by atoms with E-state index in [1.165, 1.54) is 17.8 Å². The van der Waals surface area contributed by atoms with Gasteiger partial charge in [0.1, 0.15) is 12.6 Å². The molecule has 1 aliphatic rings. The Balaban J connectivity index is 1.73. The second-order valence-electron chi connectivity index (χ2n) is 7.16. The summed E-state index contributed by atoms with van der Waals surface area (Å²) in [6.45, 7) is 5.48. The summed E-state index contributed by atoms with van der Waals surface area (Å²) in [5.41, 5.74) is 2.61. The first-order valence-electron chi connectivity index (χ1n) is 9.92. The molecule has 0 fully saturated rings. The van der Waals surface area contributed by atoms with Gasteiger partial charge in [0.2, 0.25) is 11.1 Å². The van der Waals surface area contributed by atoms with Gasteiger partial charge in [-0.05, 0) is 30.7 Å². The lowest BCUT2D eigenvalue weighted by Gasteiger charge is -2.28. The van der Waals surface area contributed by atoms with Crippen molar-refractivity contribution in [1.29, 1.82) is 0 Å². The fraction of sp³-hybridized carbons (Fsp3) is 0.174. The fourth-order valence-corrected chi connectivity index (χ4v) is 5.06. The van der Waals surface area contributed by atoms with Gasteiger partial charge in [-0.2, -0.15) is 4.98 Å². The van der Waals surface area contributed by atoms with Crippen LogP contribution in [-0.2, 0) is 15.3 Å². The number of carbonyl (C=O) groups excluding carboxylic acids is 1. The summed E-state index contributed by atoms with van der Waals surface area (Å²) in [6.07, 6.45) is 1.51. The van der Waals surface area contributed by atoms with E-state index in [1.54, 1.807) is 29.8 Å². The molecular weight excluding hydrogens is 503 g/mol. The SMILES string of the molecule is C=CCOC(=O)C1=C(C)Nc2nc(SCc3ccccc3Cl)nn2C1c1ccc(Cl)cc1Cl. The van der Waals surface area contributed by atoms with E-state index in [9.17, 15) is 4.79 Å². The number of carbonyl (C=O) groups is 1. The highest BCUT2D eigenvalue weighted by Crippen LogP contribution is 2.40. The zero-order valence-electron chi connectivity index (χ0n) is 17.5. The maximum atomic E-state index is 13.0. The standard InChI is InChI=1S/C23H19Cl3N4O2S/c1-3-10-32-21(31)19-13(2)27-22-28-23(33-12-14-6-4-5-7-17(14)25)29-30(22)20(19)16-9-8-15(24)11-18(16)26/h3-9,11,20H,1,10,12H2,2H3,(H,27,28,29). The monoisotopic (exact) mass is 520 g/mol. The summed E-state index contributed by atoms with van der Waals surface area (Å²) in [5.74, 6) is 0.587. The minimum atomic E-state index is -0.648. The number of thioether (sulfide) groups is 1. The lowest BCUT2D eigenvalue weighted by molar-refractivity contribution is -0.138. The van der Waals surface area contributed by atoms with Gasteiger partial charge >= 0.3 is 5.97 Å². The van der Waals surface area contributed by atoms with Crippen molar-refractivity contribution in [2.45, 2.75) is 23.9 Å². The number of ether oxygens (including phenoxy) is 1. The fourth-order valence-electron chi connectivity index (χ4n) is 3.44. The van der Waals surface area contributed by atoms with Gasteiger partial charge in [0, 0.05) is 32.1 Å². The molecule has 1 unspecified atom stereocenters. The van der Waals surface area contributed by atoms with Gasteiger partial charge in [0.15, 0.2) is 0 Å². The molecule has 2 aromatic carbocycles. The van der Waals surface area contributed by atoms with E-state index in [0.717, 1.165) is 5.56 Å². The largest absolute Gasteiger partial charge is 0.458 e. The normalized spacial score (nSPS) is 15.1. The molecule has 1 aliphatic heterocycles. The Bertz CT molecular complexity index is 1260. The smallest absolute Gasteiger partial charge is 0.338 e. The molecule has 1 aromatic heterocycles. The Hall–Kier alpha value is -2.45. The van der Waals surface area contributed by atoms with Crippen LogP contribution in [0.15, 0.2) is 71.5 Å². The number of hydrogen-bond acceptors (Lipinski definition) is 6. The minimum absolute atomic E-state index is 0.0832. The third kappa shape index (κ3) is 5.06. The van der Waals surface area contributed by atoms with Crippen molar-refractivity contribution >= 4 is 58.5 Å². The van der Waals surface area contributed by atoms with E-state index < -0.39 is 12.0 Å². The Morgan fingerprint density at radius 2 is 2.03 bits per heavy atom. The molecule has 4 rings (SSSR count). The summed E-state index contributed by atoms with van der Waals surface area (Å²) < 4.78 is 6.99. The number of allylic oxidation sites excluding steroid dienone is 1. The average Bonchev–Trinajstić information content (AvgIpc) is 3.18. The first kappa shape index (κ1) is 23.7. The van der Waals surface area contributed by atoms with E-state index in [4.69, 9.17) is 39.5 Å². The van der Waals surface area contributed by atoms with E-state index in [0.29, 0.717) is 48.8 Å². The topological polar surface area (TPSA) is 69.0 Å². The molecule has 1 atom stereocenters. The number of benzene rings is 2. The quantitative estimate of drug-likeness (QED) is 0.216. The van der Waals surface area contributed by atoms with E-state index in [-0.39, 0.29) is 6.61 Å². The van der Waals surface area contributed by atoms with Gasteiger partial charge in [0.05, 0.1) is 5.57 Å². The van der Waals surface area contributed by atoms with Crippen LogP contribution in [0.5, 0.6) is 0 Å². The van der Waals surface area contributed by atoms with Gasteiger partial charge in [0.25, 0.3) is 0 Å². The molecule has 1 N–H and O–H groups in total. The lowest BCUT2D eigenvalue weighted by atomic mass is 9.96. The molecule has 0 saturated carbocycles. The predicted octanol–water partition coefficient (Wildman–Crippen LogP) is 6.55. The van der Waals surface area contributed by atoms with E-state index >= 15 is 0 Å². The summed E-state index contributed by atoms with van der Waals surface area (Å²) in [6, 6.07) is 12.1. The van der Waals surface area contributed by atoms with Crippen molar-refractivity contribution < 1.29 is 9.53 Å². The van der Waals surface area contributed by atoms with Crippen LogP contribution in [0.1, 0.15) is 24.1 Å². The third-order valence-electron chi connectivity index (χ3n) is 4.96. The maximum absolute atomic E-state index is 13.0. The average molecular weight is 522 g/mol. The van der Waals surface area contributed by atoms with Crippen LogP contribution in [0.4, 0.5) is 5.95 Å². The third-order valence-corrected chi connectivity index (χ3v) is 6.77. The van der Waals surface area contributed by atoms with Crippen LogP contribution in [0.3, 0.4) is 0 Å². The van der Waals surface area contributed by atoms with Crippen molar-refractivity contribution in [3.63, 3.8) is 0 Å². The zero-order valence-corrected chi connectivity index (χ0v) is 20.6. The van der Waals surface area contributed by atoms with Crippen LogP contribution in [-0.4, -0.2) is 27.3 Å². The van der Waals surface area contributed by atoms with Crippen molar-refractivity contribution in [2.24, 2.45) is 0 Å². The molecule has 6 nitrogen and oxygen atoms in total. The van der Waals surface area contributed by atoms with Crippen molar-refractivity contribution in [1.82, 2.24) is 14.8 Å². The molecule has 0 saturated heterocycles. The second-order valence-corrected chi connectivity index (χ2v) is 9.36. The van der Waals surface area contributed by atoms with Crippen LogP contribution < -0.4 is 5.32 Å². The number of aromatic nitrogens is 3. The molecule has 10 heteroatoms. The zero-order chi connectivity index (χ0) is 23.5. The van der Waals surface area contributed by atoms with Gasteiger partial charge in [-0.3, -0.25) is 0 Å². The molecule has 170 valence electrons. The highest BCUT2D eigenvalue weighted by molar-refractivity contribution is 7.98. The maximum Gasteiger partial charge on any atom is 0.338 e. The summed E-state index contributed by atoms with van der Waals surface area (Å²) in [5, 5.41) is 9.94. The summed E-state index contributed by atoms with van der Waals surface area (Å²) in [4.78, 5) is 17.6. The lowest BCUT2D eigenvalue weighted by Crippen LogP contribution is -2.30. The van der Waals surface area contributed by atoms with Crippen molar-refractivity contribution in [3.05, 3.63) is 92.6 Å². The molecule has 2 heterocycles. The number of nitrogens with one attached hydrogen (secondary N) is 1. The summed E-state index contributed by atoms with van der Waals surface area (Å²) >= 11 is 20.4. The highest BCUT2D eigenvalue weighted by atomic mass is 35.5. The first-order valence-corrected chi connectivity index (χ1v) is 12.0. The van der Waals surface area contributed by atoms with Gasteiger partial charge in [-0.1, -0.05) is 83.5 Å². The molecule has 0 amide bonds. The number of hydrogen-bond donors (Lipinski definition) is 1. The molecule has 3 aromatic rings. The van der Waals surface area contributed by atoms with E-state index in [2.05, 4.69) is 22.0 Å². The Labute approximate surface area is 210 Å². The van der Waals surface area contributed by atoms with Crippen LogP contribution in [0, 0.1) is 0 Å². The number of fused-ring (bicyclic) bond motifs is 1. The minimum Gasteiger partial charge on any atom is -0.458 e. The Kier molecular flexibility index (Phi) is 7.34. The molecule has 0 bridgehead atoms. The van der Waals surface area contributed by atoms with Crippen LogP contribution in [0.2, 0.25) is 15.1 Å². The predicted molar refractivity (Wildman–Crippen MR) is 133 cm³/mol. The highest BCUT2D eigenvalue weighted by Gasteiger charge is 2.36. The Morgan fingerprint density at radius 1 is 1.24 bits per heavy atom. The molecular formula is C23H19Cl3N4O2S.